The van der Waals surface area contributed by atoms with E-state index in [0.717, 1.165) is 11.4 Å². The van der Waals surface area contributed by atoms with Crippen LogP contribution in [0.25, 0.3) is 5.69 Å². The molecule has 148 valence electrons. The highest BCUT2D eigenvalue weighted by Gasteiger charge is 2.11. The molecule has 0 unspecified atom stereocenters. The lowest BCUT2D eigenvalue weighted by Gasteiger charge is -2.09. The molecule has 2 amide bonds. The lowest BCUT2D eigenvalue weighted by molar-refractivity contribution is -0.119. The van der Waals surface area contributed by atoms with Crippen molar-refractivity contribution in [3.05, 3.63) is 72.1 Å². The number of hydrogen-bond donors (Lipinski definition) is 2. The van der Waals surface area contributed by atoms with Gasteiger partial charge in [-0.3, -0.25) is 9.59 Å². The number of aromatic nitrogens is 2. The first-order valence-electron chi connectivity index (χ1n) is 8.88. The summed E-state index contributed by atoms with van der Waals surface area (Å²) in [5.74, 6) is -1.24. The third-order valence-electron chi connectivity index (χ3n) is 4.00. The molecule has 8 nitrogen and oxygen atoms in total. The Hall–Kier alpha value is -3.94. The maximum absolute atomic E-state index is 12.1. The molecule has 2 N–H and O–H groups in total. The van der Waals surface area contributed by atoms with Gasteiger partial charge in [-0.15, -0.1) is 0 Å². The first-order chi connectivity index (χ1) is 13.9. The van der Waals surface area contributed by atoms with Crippen LogP contribution in [-0.2, 0) is 14.3 Å². The van der Waals surface area contributed by atoms with Gasteiger partial charge in [-0.2, -0.15) is 5.10 Å². The average molecular weight is 392 g/mol. The summed E-state index contributed by atoms with van der Waals surface area (Å²) >= 11 is 0. The number of esters is 1. The molecule has 0 radical (unpaired) electrons. The van der Waals surface area contributed by atoms with Crippen molar-refractivity contribution in [2.75, 3.05) is 17.2 Å². The third-order valence-corrected chi connectivity index (χ3v) is 4.00. The molecule has 2 aromatic carbocycles. The molecule has 0 saturated carbocycles. The zero-order valence-electron chi connectivity index (χ0n) is 16.0. The summed E-state index contributed by atoms with van der Waals surface area (Å²) in [5.41, 5.74) is 3.28. The molecule has 0 aliphatic rings. The van der Waals surface area contributed by atoms with Gasteiger partial charge in [-0.1, -0.05) is 0 Å². The first-order valence-corrected chi connectivity index (χ1v) is 8.88. The molecule has 0 bridgehead atoms. The van der Waals surface area contributed by atoms with Crippen LogP contribution in [0.15, 0.2) is 60.8 Å². The summed E-state index contributed by atoms with van der Waals surface area (Å²) in [7, 11) is 0. The second-order valence-electron chi connectivity index (χ2n) is 6.31. The Labute approximate surface area is 167 Å². The maximum Gasteiger partial charge on any atom is 0.338 e. The zero-order chi connectivity index (χ0) is 20.8. The van der Waals surface area contributed by atoms with Gasteiger partial charge in [0.2, 0.25) is 5.91 Å². The summed E-state index contributed by atoms with van der Waals surface area (Å²) in [4.78, 5) is 35.1. The van der Waals surface area contributed by atoms with Gasteiger partial charge < -0.3 is 15.4 Å². The number of carbonyl (C=O) groups excluding carboxylic acids is 3. The molecule has 3 rings (SSSR count). The van der Waals surface area contributed by atoms with Crippen LogP contribution in [0, 0.1) is 6.92 Å². The van der Waals surface area contributed by atoms with Gasteiger partial charge in [0, 0.05) is 30.2 Å². The molecule has 0 saturated heterocycles. The van der Waals surface area contributed by atoms with E-state index in [1.165, 1.54) is 6.92 Å². The molecule has 0 aliphatic carbocycles. The molecule has 0 aliphatic heterocycles. The van der Waals surface area contributed by atoms with Gasteiger partial charge in [0.25, 0.3) is 5.91 Å². The normalized spacial score (nSPS) is 10.3. The minimum absolute atomic E-state index is 0.179. The van der Waals surface area contributed by atoms with Crippen molar-refractivity contribution in [1.29, 1.82) is 0 Å². The fourth-order valence-corrected chi connectivity index (χ4v) is 2.63. The van der Waals surface area contributed by atoms with Crippen LogP contribution >= 0.6 is 0 Å². The number of nitrogens with one attached hydrogen (secondary N) is 2. The van der Waals surface area contributed by atoms with Crippen LogP contribution in [-0.4, -0.2) is 34.2 Å². The van der Waals surface area contributed by atoms with E-state index in [2.05, 4.69) is 15.7 Å². The highest BCUT2D eigenvalue weighted by Crippen LogP contribution is 2.14. The molecule has 0 spiro atoms. The molecular weight excluding hydrogens is 372 g/mol. The zero-order valence-corrected chi connectivity index (χ0v) is 16.0. The van der Waals surface area contributed by atoms with Crippen LogP contribution in [0.3, 0.4) is 0 Å². The van der Waals surface area contributed by atoms with E-state index in [-0.39, 0.29) is 5.91 Å². The Morgan fingerprint density at radius 3 is 2.10 bits per heavy atom. The van der Waals surface area contributed by atoms with Crippen LogP contribution in [0.2, 0.25) is 0 Å². The first kappa shape index (κ1) is 19.8. The number of aryl methyl sites for hydroxylation is 1. The van der Waals surface area contributed by atoms with Gasteiger partial charge in [0.15, 0.2) is 6.61 Å². The number of benzene rings is 2. The van der Waals surface area contributed by atoms with Crippen LogP contribution in [0.4, 0.5) is 11.4 Å². The Morgan fingerprint density at radius 1 is 0.931 bits per heavy atom. The Balaban J connectivity index is 1.51. The SMILES string of the molecule is CC(=O)Nc1ccc(NC(=O)COC(=O)c2ccc(-n3nccc3C)cc2)cc1. The molecule has 1 heterocycles. The van der Waals surface area contributed by atoms with E-state index in [1.54, 1.807) is 59.4 Å². The monoisotopic (exact) mass is 392 g/mol. The minimum atomic E-state index is -0.593. The number of rotatable bonds is 6. The van der Waals surface area contributed by atoms with E-state index < -0.39 is 18.5 Å². The van der Waals surface area contributed by atoms with Crippen molar-refractivity contribution in [2.24, 2.45) is 0 Å². The van der Waals surface area contributed by atoms with E-state index in [1.807, 2.05) is 13.0 Å². The molecule has 3 aromatic rings. The fourth-order valence-electron chi connectivity index (χ4n) is 2.63. The van der Waals surface area contributed by atoms with Crippen molar-refractivity contribution < 1.29 is 19.1 Å². The molecule has 8 heteroatoms. The second kappa shape index (κ2) is 8.83. The fraction of sp³-hybridized carbons (Fsp3) is 0.143. The summed E-state index contributed by atoms with van der Waals surface area (Å²) in [6, 6.07) is 15.2. The van der Waals surface area contributed by atoms with E-state index in [9.17, 15) is 14.4 Å². The lowest BCUT2D eigenvalue weighted by atomic mass is 10.2. The lowest BCUT2D eigenvalue weighted by Crippen LogP contribution is -2.21. The van der Waals surface area contributed by atoms with E-state index in [0.29, 0.717) is 16.9 Å². The molecule has 29 heavy (non-hydrogen) atoms. The summed E-state index contributed by atoms with van der Waals surface area (Å²) in [5, 5.41) is 9.46. The highest BCUT2D eigenvalue weighted by molar-refractivity contribution is 5.96. The van der Waals surface area contributed by atoms with Crippen LogP contribution in [0.1, 0.15) is 23.0 Å². The predicted molar refractivity (Wildman–Crippen MR) is 108 cm³/mol. The predicted octanol–water partition coefficient (Wildman–Crippen LogP) is 2.93. The van der Waals surface area contributed by atoms with Gasteiger partial charge in [-0.25, -0.2) is 9.48 Å². The Morgan fingerprint density at radius 2 is 1.55 bits per heavy atom. The van der Waals surface area contributed by atoms with Gasteiger partial charge in [0.05, 0.1) is 11.3 Å². The number of amides is 2. The smallest absolute Gasteiger partial charge is 0.338 e. The van der Waals surface area contributed by atoms with Crippen LogP contribution in [0.5, 0.6) is 0 Å². The molecule has 0 atom stereocenters. The minimum Gasteiger partial charge on any atom is -0.452 e. The average Bonchev–Trinajstić information content (AvgIpc) is 3.13. The van der Waals surface area contributed by atoms with Crippen LogP contribution < -0.4 is 10.6 Å². The van der Waals surface area contributed by atoms with Gasteiger partial charge in [0.1, 0.15) is 0 Å². The number of ether oxygens (including phenoxy) is 1. The molecule has 0 fully saturated rings. The third kappa shape index (κ3) is 5.29. The summed E-state index contributed by atoms with van der Waals surface area (Å²) < 4.78 is 6.81. The number of nitrogens with zero attached hydrogens (tertiary/aromatic N) is 2. The quantitative estimate of drug-likeness (QED) is 0.628. The van der Waals surface area contributed by atoms with Crippen molar-refractivity contribution >= 4 is 29.2 Å². The van der Waals surface area contributed by atoms with Crippen molar-refractivity contribution in [3.8, 4) is 5.69 Å². The maximum atomic E-state index is 12.1. The largest absolute Gasteiger partial charge is 0.452 e. The summed E-state index contributed by atoms with van der Waals surface area (Å²) in [6.45, 7) is 2.93. The Bertz CT molecular complexity index is 1020. The van der Waals surface area contributed by atoms with Gasteiger partial charge >= 0.3 is 5.97 Å². The summed E-state index contributed by atoms with van der Waals surface area (Å²) in [6.07, 6.45) is 1.70. The van der Waals surface area contributed by atoms with Gasteiger partial charge in [-0.05, 0) is 61.5 Å². The topological polar surface area (TPSA) is 102 Å². The number of carbonyl (C=O) groups is 3. The Kier molecular flexibility index (Phi) is 6.03. The standard InChI is InChI=1S/C21H20N4O4/c1-14-11-12-22-25(14)19-9-3-16(4-10-19)21(28)29-13-20(27)24-18-7-5-17(6-8-18)23-15(2)26/h3-12H,13H2,1-2H3,(H,23,26)(H,24,27). The van der Waals surface area contributed by atoms with E-state index in [4.69, 9.17) is 4.74 Å². The second-order valence-corrected chi connectivity index (χ2v) is 6.31. The molecular formula is C21H20N4O4. The van der Waals surface area contributed by atoms with Crippen molar-refractivity contribution in [1.82, 2.24) is 9.78 Å². The number of hydrogen-bond acceptors (Lipinski definition) is 5. The number of anilines is 2. The van der Waals surface area contributed by atoms with E-state index >= 15 is 0 Å². The van der Waals surface area contributed by atoms with Crippen molar-refractivity contribution in [2.45, 2.75) is 13.8 Å². The molecule has 1 aromatic heterocycles. The highest BCUT2D eigenvalue weighted by atomic mass is 16.5. The van der Waals surface area contributed by atoms with Crippen molar-refractivity contribution in [3.63, 3.8) is 0 Å².